The molecular weight excluding hydrogens is 320 g/mol. The Morgan fingerprint density at radius 1 is 0.773 bits per heavy atom. The number of hydrogen-bond donors (Lipinski definition) is 0. The van der Waals surface area contributed by atoms with Crippen LogP contribution in [0.3, 0.4) is 0 Å². The minimum atomic E-state index is -3.10. The van der Waals surface area contributed by atoms with Gasteiger partial charge in [-0.3, -0.25) is 0 Å². The predicted octanol–water partition coefficient (Wildman–Crippen LogP) is 3.61. The van der Waals surface area contributed by atoms with Crippen LogP contribution in [0.5, 0.6) is 0 Å². The van der Waals surface area contributed by atoms with Crippen LogP contribution >= 0.6 is 0 Å². The Hall–Kier alpha value is -0.100. The van der Waals surface area contributed by atoms with E-state index in [0.29, 0.717) is 32.1 Å². The zero-order valence-corrected chi connectivity index (χ0v) is 16.6. The van der Waals surface area contributed by atoms with Crippen molar-refractivity contribution in [2.24, 2.45) is 5.92 Å². The van der Waals surface area contributed by atoms with E-state index in [2.05, 4.69) is 0 Å². The zero-order chi connectivity index (χ0) is 17.6. The smallest absolute Gasteiger partial charge is 0.155 e. The van der Waals surface area contributed by atoms with Gasteiger partial charge in [0.15, 0.2) is 19.7 Å². The highest BCUT2D eigenvalue weighted by molar-refractivity contribution is 7.92. The van der Waals surface area contributed by atoms with Crippen molar-refractivity contribution in [1.82, 2.24) is 0 Å². The largest absolute Gasteiger partial charge is 0.229 e. The summed E-state index contributed by atoms with van der Waals surface area (Å²) in [5.41, 5.74) is 0. The molecule has 0 aliphatic carbocycles. The minimum Gasteiger partial charge on any atom is -0.229 e. The molecule has 3 unspecified atom stereocenters. The summed E-state index contributed by atoms with van der Waals surface area (Å²) < 4.78 is 49.0. The molecule has 0 saturated carbocycles. The topological polar surface area (TPSA) is 68.3 Å². The van der Waals surface area contributed by atoms with Crippen molar-refractivity contribution in [3.63, 3.8) is 0 Å². The fourth-order valence-corrected chi connectivity index (χ4v) is 6.65. The molecule has 0 heterocycles. The van der Waals surface area contributed by atoms with E-state index in [9.17, 15) is 16.8 Å². The summed E-state index contributed by atoms with van der Waals surface area (Å²) in [5, 5.41) is -1.06. The SMILES string of the molecule is CCC(CCCC(C)S(=O)(=O)C(C)CC)S(=O)(=O)CC(C)C. The van der Waals surface area contributed by atoms with Gasteiger partial charge in [0, 0.05) is 0 Å². The lowest BCUT2D eigenvalue weighted by Crippen LogP contribution is -2.29. The van der Waals surface area contributed by atoms with E-state index in [0.717, 1.165) is 0 Å². The molecule has 0 N–H and O–H groups in total. The van der Waals surface area contributed by atoms with Gasteiger partial charge in [0.25, 0.3) is 0 Å². The van der Waals surface area contributed by atoms with E-state index in [1.54, 1.807) is 13.8 Å². The van der Waals surface area contributed by atoms with Gasteiger partial charge in [0.05, 0.1) is 21.5 Å². The first kappa shape index (κ1) is 21.9. The molecule has 0 aromatic heterocycles. The molecule has 22 heavy (non-hydrogen) atoms. The second-order valence-electron chi connectivity index (χ2n) is 6.80. The summed E-state index contributed by atoms with van der Waals surface area (Å²) in [5.74, 6) is 0.343. The Labute approximate surface area is 137 Å². The molecule has 0 bridgehead atoms. The van der Waals surface area contributed by atoms with Crippen LogP contribution in [-0.2, 0) is 19.7 Å². The van der Waals surface area contributed by atoms with E-state index in [4.69, 9.17) is 0 Å². The molecule has 134 valence electrons. The fraction of sp³-hybridized carbons (Fsp3) is 1.00. The lowest BCUT2D eigenvalue weighted by atomic mass is 10.1. The lowest BCUT2D eigenvalue weighted by Gasteiger charge is -2.20. The van der Waals surface area contributed by atoms with E-state index >= 15 is 0 Å². The second kappa shape index (κ2) is 9.26. The maximum absolute atomic E-state index is 12.3. The molecular formula is C16H34O4S2. The van der Waals surface area contributed by atoms with Crippen LogP contribution in [0.15, 0.2) is 0 Å². The van der Waals surface area contributed by atoms with Crippen LogP contribution in [-0.4, -0.2) is 38.3 Å². The van der Waals surface area contributed by atoms with Gasteiger partial charge >= 0.3 is 0 Å². The van der Waals surface area contributed by atoms with Crippen LogP contribution in [0.4, 0.5) is 0 Å². The number of hydrogen-bond acceptors (Lipinski definition) is 4. The summed E-state index contributed by atoms with van der Waals surface area (Å²) in [7, 11) is -6.17. The maximum atomic E-state index is 12.3. The summed E-state index contributed by atoms with van der Waals surface area (Å²) >= 11 is 0. The first-order valence-electron chi connectivity index (χ1n) is 8.43. The van der Waals surface area contributed by atoms with Crippen molar-refractivity contribution >= 4 is 19.7 Å². The Morgan fingerprint density at radius 2 is 1.32 bits per heavy atom. The van der Waals surface area contributed by atoms with Gasteiger partial charge in [-0.15, -0.1) is 0 Å². The van der Waals surface area contributed by atoms with Crippen molar-refractivity contribution in [3.8, 4) is 0 Å². The van der Waals surface area contributed by atoms with Crippen molar-refractivity contribution in [3.05, 3.63) is 0 Å². The van der Waals surface area contributed by atoms with Gasteiger partial charge < -0.3 is 0 Å². The quantitative estimate of drug-likeness (QED) is 0.568. The Bertz CT molecular complexity index is 506. The van der Waals surface area contributed by atoms with E-state index in [1.165, 1.54) is 0 Å². The highest BCUT2D eigenvalue weighted by Crippen LogP contribution is 2.21. The summed E-state index contributed by atoms with van der Waals surface area (Å²) in [6.07, 6.45) is 2.97. The average molecular weight is 355 g/mol. The molecule has 0 aromatic rings. The zero-order valence-electron chi connectivity index (χ0n) is 15.0. The standard InChI is InChI=1S/C16H34O4S2/c1-7-14(5)22(19,20)15(6)10-9-11-16(8-2)21(17,18)12-13(3)4/h13-16H,7-12H2,1-6H3. The molecule has 0 radical (unpaired) electrons. The molecule has 3 atom stereocenters. The molecule has 0 aliphatic rings. The van der Waals surface area contributed by atoms with E-state index in [1.807, 2.05) is 27.7 Å². The highest BCUT2D eigenvalue weighted by Gasteiger charge is 2.28. The van der Waals surface area contributed by atoms with Gasteiger partial charge in [-0.25, -0.2) is 16.8 Å². The molecule has 6 heteroatoms. The van der Waals surface area contributed by atoms with Crippen LogP contribution < -0.4 is 0 Å². The normalized spacial score (nSPS) is 17.4. The third kappa shape index (κ3) is 6.57. The Balaban J connectivity index is 4.62. The lowest BCUT2D eigenvalue weighted by molar-refractivity contribution is 0.534. The Morgan fingerprint density at radius 3 is 1.73 bits per heavy atom. The van der Waals surface area contributed by atoms with Crippen LogP contribution in [0, 0.1) is 5.92 Å². The highest BCUT2D eigenvalue weighted by atomic mass is 32.2. The van der Waals surface area contributed by atoms with Crippen molar-refractivity contribution in [1.29, 1.82) is 0 Å². The predicted molar refractivity (Wildman–Crippen MR) is 94.7 cm³/mol. The molecule has 0 spiro atoms. The molecule has 0 rings (SSSR count). The van der Waals surface area contributed by atoms with E-state index < -0.39 is 24.9 Å². The van der Waals surface area contributed by atoms with Gasteiger partial charge in [0.1, 0.15) is 0 Å². The summed E-state index contributed by atoms with van der Waals surface area (Å²) in [6.45, 7) is 11.1. The van der Waals surface area contributed by atoms with Crippen molar-refractivity contribution < 1.29 is 16.8 Å². The first-order chi connectivity index (χ1) is 9.98. The monoisotopic (exact) mass is 354 g/mol. The minimum absolute atomic E-state index is 0.128. The van der Waals surface area contributed by atoms with Crippen LogP contribution in [0.25, 0.3) is 0 Å². The van der Waals surface area contributed by atoms with Gasteiger partial charge in [-0.05, 0) is 45.4 Å². The van der Waals surface area contributed by atoms with Crippen LogP contribution in [0.1, 0.15) is 73.6 Å². The van der Waals surface area contributed by atoms with Crippen LogP contribution in [0.2, 0.25) is 0 Å². The van der Waals surface area contributed by atoms with E-state index in [-0.39, 0.29) is 22.2 Å². The first-order valence-corrected chi connectivity index (χ1v) is 11.8. The van der Waals surface area contributed by atoms with Gasteiger partial charge in [-0.1, -0.05) is 34.1 Å². The third-order valence-corrected chi connectivity index (χ3v) is 9.89. The average Bonchev–Trinajstić information content (AvgIpc) is 2.40. The van der Waals surface area contributed by atoms with Crippen molar-refractivity contribution in [2.45, 2.75) is 89.4 Å². The second-order valence-corrected chi connectivity index (χ2v) is 11.9. The third-order valence-electron chi connectivity index (χ3n) is 4.36. The van der Waals surface area contributed by atoms with Gasteiger partial charge in [0.2, 0.25) is 0 Å². The summed E-state index contributed by atoms with van der Waals surface area (Å²) in [6, 6.07) is 0. The fourth-order valence-electron chi connectivity index (χ4n) is 2.66. The Kier molecular flexibility index (Phi) is 9.22. The molecule has 0 amide bonds. The molecule has 0 saturated heterocycles. The summed E-state index contributed by atoms with van der Waals surface area (Å²) in [4.78, 5) is 0. The molecule has 0 aliphatic heterocycles. The maximum Gasteiger partial charge on any atom is 0.155 e. The molecule has 0 aromatic carbocycles. The van der Waals surface area contributed by atoms with Crippen molar-refractivity contribution in [2.75, 3.05) is 5.75 Å². The van der Waals surface area contributed by atoms with Gasteiger partial charge in [-0.2, -0.15) is 0 Å². The molecule has 4 nitrogen and oxygen atoms in total. The number of sulfone groups is 2. The molecule has 0 fully saturated rings. The number of rotatable bonds is 11.